The molecule has 1 fully saturated rings. The Morgan fingerprint density at radius 1 is 1.14 bits per heavy atom. The smallest absolute Gasteiger partial charge is 0.271 e. The molecule has 7 nitrogen and oxygen atoms in total. The maximum absolute atomic E-state index is 12.9. The predicted molar refractivity (Wildman–Crippen MR) is 107 cm³/mol. The highest BCUT2D eigenvalue weighted by Gasteiger charge is 2.22. The summed E-state index contributed by atoms with van der Waals surface area (Å²) in [6, 6.07) is 7.31. The number of fused-ring (bicyclic) bond motifs is 1. The Labute approximate surface area is 167 Å². The number of hydrogen-bond donors (Lipinski definition) is 1. The summed E-state index contributed by atoms with van der Waals surface area (Å²) >= 11 is 6.25. The Bertz CT molecular complexity index is 1060. The molecule has 1 aliphatic heterocycles. The van der Waals surface area contributed by atoms with Crippen LogP contribution in [0.4, 0.5) is 0 Å². The molecule has 0 radical (unpaired) electrons. The average Bonchev–Trinajstić information content (AvgIpc) is 3.17. The number of carbonyl (C=O) groups is 2. The Balaban J connectivity index is 1.73. The lowest BCUT2D eigenvalue weighted by molar-refractivity contribution is 0.0726. The fourth-order valence-corrected chi connectivity index (χ4v) is 3.78. The minimum atomic E-state index is -0.344. The van der Waals surface area contributed by atoms with Gasteiger partial charge in [0.1, 0.15) is 5.69 Å². The second-order valence-corrected chi connectivity index (χ2v) is 7.16. The molecule has 3 aromatic rings. The van der Waals surface area contributed by atoms with Gasteiger partial charge >= 0.3 is 0 Å². The van der Waals surface area contributed by atoms with Crippen molar-refractivity contribution in [2.24, 2.45) is 0 Å². The van der Waals surface area contributed by atoms with Crippen molar-refractivity contribution in [3.63, 3.8) is 0 Å². The zero-order valence-corrected chi connectivity index (χ0v) is 16.2. The average molecular weight is 398 g/mol. The van der Waals surface area contributed by atoms with Crippen molar-refractivity contribution >= 4 is 28.9 Å². The number of halogens is 1. The van der Waals surface area contributed by atoms with Crippen LogP contribution in [0.25, 0.3) is 16.8 Å². The van der Waals surface area contributed by atoms with E-state index in [4.69, 9.17) is 11.6 Å². The second kappa shape index (κ2) is 7.59. The molecule has 1 N–H and O–H groups in total. The summed E-state index contributed by atoms with van der Waals surface area (Å²) in [5.74, 6) is -0.332. The number of nitrogens with one attached hydrogen (secondary N) is 1. The topological polar surface area (TPSA) is 79.6 Å². The lowest BCUT2D eigenvalue weighted by atomic mass is 10.1. The first-order valence-electron chi connectivity index (χ1n) is 9.24. The Morgan fingerprint density at radius 3 is 2.64 bits per heavy atom. The van der Waals surface area contributed by atoms with Crippen molar-refractivity contribution in [3.05, 3.63) is 52.9 Å². The number of nitrogens with zero attached hydrogens (tertiary/aromatic N) is 4. The molecule has 0 atom stereocenters. The highest BCUT2D eigenvalue weighted by atomic mass is 35.5. The van der Waals surface area contributed by atoms with Gasteiger partial charge in [0, 0.05) is 31.9 Å². The summed E-state index contributed by atoms with van der Waals surface area (Å²) in [6.07, 6.45) is 6.45. The molecule has 0 aromatic carbocycles. The first-order valence-corrected chi connectivity index (χ1v) is 9.62. The summed E-state index contributed by atoms with van der Waals surface area (Å²) in [5.41, 5.74) is 2.95. The van der Waals surface area contributed by atoms with Crippen molar-refractivity contribution in [2.45, 2.75) is 19.3 Å². The molecule has 0 saturated carbocycles. The van der Waals surface area contributed by atoms with Gasteiger partial charge < -0.3 is 10.2 Å². The van der Waals surface area contributed by atoms with E-state index in [0.717, 1.165) is 37.1 Å². The van der Waals surface area contributed by atoms with Gasteiger partial charge in [-0.15, -0.1) is 0 Å². The number of likely N-dealkylation sites (tertiary alicyclic amines) is 1. The van der Waals surface area contributed by atoms with Crippen molar-refractivity contribution < 1.29 is 9.59 Å². The molecular weight excluding hydrogens is 378 g/mol. The van der Waals surface area contributed by atoms with Crippen LogP contribution in [-0.4, -0.2) is 51.4 Å². The molecule has 2 amide bonds. The number of pyridine rings is 2. The summed E-state index contributed by atoms with van der Waals surface area (Å²) in [6.45, 7) is 1.58. The molecule has 4 rings (SSSR count). The first kappa shape index (κ1) is 18.4. The summed E-state index contributed by atoms with van der Waals surface area (Å²) in [5, 5.41) is 7.20. The Kier molecular flexibility index (Phi) is 5.00. The minimum absolute atomic E-state index is 0.0120. The van der Waals surface area contributed by atoms with E-state index < -0.39 is 0 Å². The summed E-state index contributed by atoms with van der Waals surface area (Å²) in [4.78, 5) is 30.8. The zero-order valence-electron chi connectivity index (χ0n) is 15.5. The van der Waals surface area contributed by atoms with Crippen molar-refractivity contribution in [2.75, 3.05) is 20.1 Å². The number of rotatable bonds is 3. The van der Waals surface area contributed by atoms with E-state index in [2.05, 4.69) is 15.4 Å². The van der Waals surface area contributed by atoms with E-state index in [1.54, 1.807) is 23.0 Å². The Morgan fingerprint density at radius 2 is 1.93 bits per heavy atom. The van der Waals surface area contributed by atoms with Gasteiger partial charge in [-0.2, -0.15) is 5.10 Å². The van der Waals surface area contributed by atoms with Crippen LogP contribution in [0.5, 0.6) is 0 Å². The highest BCUT2D eigenvalue weighted by molar-refractivity contribution is 6.33. The molecule has 0 unspecified atom stereocenters. The molecule has 28 heavy (non-hydrogen) atoms. The van der Waals surface area contributed by atoms with Gasteiger partial charge in [-0.05, 0) is 37.5 Å². The molecular formula is C20H20ClN5O2. The molecule has 0 bridgehead atoms. The lowest BCUT2D eigenvalue weighted by Gasteiger charge is -2.26. The fourth-order valence-electron chi connectivity index (χ4n) is 3.53. The van der Waals surface area contributed by atoms with E-state index in [0.29, 0.717) is 11.1 Å². The standard InChI is InChI=1S/C20H20ClN5O2/c1-22-19(27)18-15(21)10-13(11-23-18)16-6-5-7-17-14(12-24-26(16)17)20(28)25-8-3-2-4-9-25/h5-7,10-12H,2-4,8-9H2,1H3,(H,22,27). The van der Waals surface area contributed by atoms with Crippen LogP contribution in [0.3, 0.4) is 0 Å². The molecule has 0 aliphatic carbocycles. The summed E-state index contributed by atoms with van der Waals surface area (Å²) < 4.78 is 1.71. The molecule has 4 heterocycles. The third-order valence-corrected chi connectivity index (χ3v) is 5.28. The molecule has 8 heteroatoms. The van der Waals surface area contributed by atoms with E-state index >= 15 is 0 Å². The number of amides is 2. The third-order valence-electron chi connectivity index (χ3n) is 5.00. The second-order valence-electron chi connectivity index (χ2n) is 6.75. The van der Waals surface area contributed by atoms with Crippen LogP contribution < -0.4 is 5.32 Å². The SMILES string of the molecule is CNC(=O)c1ncc(-c2cccc3c(C(=O)N4CCCCC4)cnn23)cc1Cl. The van der Waals surface area contributed by atoms with Crippen LogP contribution in [0.2, 0.25) is 5.02 Å². The van der Waals surface area contributed by atoms with E-state index in [9.17, 15) is 9.59 Å². The van der Waals surface area contributed by atoms with Crippen molar-refractivity contribution in [1.82, 2.24) is 24.8 Å². The predicted octanol–water partition coefficient (Wildman–Crippen LogP) is 3.04. The maximum Gasteiger partial charge on any atom is 0.271 e. The van der Waals surface area contributed by atoms with E-state index in [1.165, 1.54) is 13.5 Å². The molecule has 3 aromatic heterocycles. The largest absolute Gasteiger partial charge is 0.354 e. The van der Waals surface area contributed by atoms with Crippen LogP contribution in [0.15, 0.2) is 36.7 Å². The lowest BCUT2D eigenvalue weighted by Crippen LogP contribution is -2.35. The number of piperidine rings is 1. The van der Waals surface area contributed by atoms with Gasteiger partial charge in [0.05, 0.1) is 28.0 Å². The van der Waals surface area contributed by atoms with Gasteiger partial charge in [0.2, 0.25) is 0 Å². The Hall–Kier alpha value is -2.93. The molecule has 0 spiro atoms. The van der Waals surface area contributed by atoms with Gasteiger partial charge in [0.15, 0.2) is 0 Å². The van der Waals surface area contributed by atoms with Crippen molar-refractivity contribution in [1.29, 1.82) is 0 Å². The fraction of sp³-hybridized carbons (Fsp3) is 0.300. The maximum atomic E-state index is 12.9. The third kappa shape index (κ3) is 3.22. The molecule has 144 valence electrons. The van der Waals surface area contributed by atoms with Gasteiger partial charge in [-0.1, -0.05) is 17.7 Å². The van der Waals surface area contributed by atoms with Gasteiger partial charge in [-0.3, -0.25) is 9.59 Å². The number of hydrogen-bond acceptors (Lipinski definition) is 4. The minimum Gasteiger partial charge on any atom is -0.354 e. The molecule has 1 saturated heterocycles. The highest BCUT2D eigenvalue weighted by Crippen LogP contribution is 2.26. The molecule has 1 aliphatic rings. The van der Waals surface area contributed by atoms with Crippen LogP contribution in [0, 0.1) is 0 Å². The zero-order chi connectivity index (χ0) is 19.7. The quantitative estimate of drug-likeness (QED) is 0.736. The summed E-state index contributed by atoms with van der Waals surface area (Å²) in [7, 11) is 1.53. The van der Waals surface area contributed by atoms with Crippen LogP contribution in [0.1, 0.15) is 40.1 Å². The van der Waals surface area contributed by atoms with Crippen LogP contribution in [-0.2, 0) is 0 Å². The number of carbonyl (C=O) groups excluding carboxylic acids is 2. The normalized spacial score (nSPS) is 14.3. The van der Waals surface area contributed by atoms with Gasteiger partial charge in [0.25, 0.3) is 11.8 Å². The first-order chi connectivity index (χ1) is 13.6. The van der Waals surface area contributed by atoms with E-state index in [-0.39, 0.29) is 22.5 Å². The van der Waals surface area contributed by atoms with E-state index in [1.807, 2.05) is 23.1 Å². The number of aromatic nitrogens is 3. The van der Waals surface area contributed by atoms with Crippen molar-refractivity contribution in [3.8, 4) is 11.3 Å². The monoisotopic (exact) mass is 397 g/mol. The van der Waals surface area contributed by atoms with Gasteiger partial charge in [-0.25, -0.2) is 9.50 Å². The van der Waals surface area contributed by atoms with Crippen LogP contribution >= 0.6 is 11.6 Å².